The van der Waals surface area contributed by atoms with Crippen molar-refractivity contribution in [2.45, 2.75) is 0 Å². The topological polar surface area (TPSA) is 50.4 Å². The van der Waals surface area contributed by atoms with Gasteiger partial charge in [-0.2, -0.15) is 0 Å². The number of hydrogen-bond donors (Lipinski definition) is 2. The van der Waals surface area contributed by atoms with Crippen LogP contribution in [-0.4, -0.2) is 17.6 Å². The Bertz CT molecular complexity index is 740. The highest BCUT2D eigenvalue weighted by molar-refractivity contribution is 7.80. The zero-order valence-corrected chi connectivity index (χ0v) is 14.7. The molecule has 0 saturated carbocycles. The van der Waals surface area contributed by atoms with E-state index in [-0.39, 0.29) is 11.7 Å². The van der Waals surface area contributed by atoms with Crippen LogP contribution < -0.4 is 15.4 Å². The van der Waals surface area contributed by atoms with Gasteiger partial charge in [-0.25, -0.2) is 0 Å². The SMILES string of the molecule is O=C(COc1ccc(Cl)cc1Cl)NC(=S)Nc1ccccc1Cl. The lowest BCUT2D eigenvalue weighted by molar-refractivity contribution is -0.121. The van der Waals surface area contributed by atoms with E-state index >= 15 is 0 Å². The Hall–Kier alpha value is -1.53. The molecular weight excluding hydrogens is 379 g/mol. The third-order valence-corrected chi connectivity index (χ3v) is 3.69. The van der Waals surface area contributed by atoms with Crippen molar-refractivity contribution in [1.82, 2.24) is 5.32 Å². The van der Waals surface area contributed by atoms with E-state index < -0.39 is 5.91 Å². The van der Waals surface area contributed by atoms with Crippen LogP contribution in [0.25, 0.3) is 0 Å². The van der Waals surface area contributed by atoms with Crippen LogP contribution in [0, 0.1) is 0 Å². The van der Waals surface area contributed by atoms with Crippen LogP contribution in [0.4, 0.5) is 5.69 Å². The maximum Gasteiger partial charge on any atom is 0.264 e. The molecule has 120 valence electrons. The van der Waals surface area contributed by atoms with Gasteiger partial charge in [0.05, 0.1) is 15.7 Å². The minimum Gasteiger partial charge on any atom is -0.482 e. The van der Waals surface area contributed by atoms with Gasteiger partial charge in [0.15, 0.2) is 11.7 Å². The van der Waals surface area contributed by atoms with Gasteiger partial charge in [-0.05, 0) is 42.5 Å². The molecule has 8 heteroatoms. The number of hydrogen-bond acceptors (Lipinski definition) is 3. The molecule has 4 nitrogen and oxygen atoms in total. The minimum absolute atomic E-state index is 0.119. The number of benzene rings is 2. The largest absolute Gasteiger partial charge is 0.482 e. The molecule has 0 aliphatic carbocycles. The summed E-state index contributed by atoms with van der Waals surface area (Å²) in [5, 5.41) is 6.73. The number of para-hydroxylation sites is 1. The van der Waals surface area contributed by atoms with Gasteiger partial charge in [0.2, 0.25) is 0 Å². The molecule has 1 amide bonds. The van der Waals surface area contributed by atoms with E-state index in [2.05, 4.69) is 10.6 Å². The smallest absolute Gasteiger partial charge is 0.264 e. The van der Waals surface area contributed by atoms with Crippen molar-refractivity contribution in [3.05, 3.63) is 57.5 Å². The molecular formula is C15H11Cl3N2O2S. The van der Waals surface area contributed by atoms with Crippen LogP contribution in [0.2, 0.25) is 15.1 Å². The Labute approximate surface area is 153 Å². The Balaban J connectivity index is 1.85. The number of carbonyl (C=O) groups excluding carboxylic acids is 1. The number of thiocarbonyl (C=S) groups is 1. The van der Waals surface area contributed by atoms with Crippen molar-refractivity contribution in [3.63, 3.8) is 0 Å². The Morgan fingerprint density at radius 2 is 1.83 bits per heavy atom. The van der Waals surface area contributed by atoms with Gasteiger partial charge in [-0.1, -0.05) is 46.9 Å². The quantitative estimate of drug-likeness (QED) is 0.754. The first-order valence-electron chi connectivity index (χ1n) is 6.39. The minimum atomic E-state index is -0.430. The molecule has 0 aliphatic heterocycles. The predicted molar refractivity (Wildman–Crippen MR) is 97.8 cm³/mol. The zero-order valence-electron chi connectivity index (χ0n) is 11.6. The van der Waals surface area contributed by atoms with Gasteiger partial charge in [0.25, 0.3) is 5.91 Å². The van der Waals surface area contributed by atoms with Crippen LogP contribution >= 0.6 is 47.0 Å². The van der Waals surface area contributed by atoms with E-state index in [9.17, 15) is 4.79 Å². The zero-order chi connectivity index (χ0) is 16.8. The average molecular weight is 390 g/mol. The van der Waals surface area contributed by atoms with Crippen molar-refractivity contribution >= 4 is 63.7 Å². The lowest BCUT2D eigenvalue weighted by atomic mass is 10.3. The molecule has 0 bridgehead atoms. The molecule has 2 aromatic rings. The highest BCUT2D eigenvalue weighted by atomic mass is 35.5. The van der Waals surface area contributed by atoms with E-state index in [4.69, 9.17) is 51.8 Å². The van der Waals surface area contributed by atoms with Crippen LogP contribution in [0.1, 0.15) is 0 Å². The van der Waals surface area contributed by atoms with E-state index in [0.717, 1.165) is 0 Å². The number of nitrogens with one attached hydrogen (secondary N) is 2. The fourth-order valence-electron chi connectivity index (χ4n) is 1.61. The lowest BCUT2D eigenvalue weighted by Crippen LogP contribution is -2.37. The number of amides is 1. The molecule has 23 heavy (non-hydrogen) atoms. The maximum atomic E-state index is 11.8. The lowest BCUT2D eigenvalue weighted by Gasteiger charge is -2.11. The number of halogens is 3. The molecule has 0 atom stereocenters. The first-order valence-corrected chi connectivity index (χ1v) is 7.93. The number of rotatable bonds is 4. The van der Waals surface area contributed by atoms with Crippen LogP contribution in [0.15, 0.2) is 42.5 Å². The summed E-state index contributed by atoms with van der Waals surface area (Å²) in [7, 11) is 0. The van der Waals surface area contributed by atoms with Gasteiger partial charge in [0, 0.05) is 5.02 Å². The fraction of sp³-hybridized carbons (Fsp3) is 0.0667. The first-order chi connectivity index (χ1) is 11.0. The second-order valence-corrected chi connectivity index (χ2v) is 6.00. The molecule has 2 N–H and O–H groups in total. The molecule has 0 aliphatic rings. The Morgan fingerprint density at radius 1 is 1.09 bits per heavy atom. The van der Waals surface area contributed by atoms with Crippen molar-refractivity contribution in [3.8, 4) is 5.75 Å². The molecule has 2 rings (SSSR count). The summed E-state index contributed by atoms with van der Waals surface area (Å²) in [5.74, 6) is -0.0724. The summed E-state index contributed by atoms with van der Waals surface area (Å²) in [6, 6.07) is 11.8. The molecule has 0 heterocycles. The molecule has 0 spiro atoms. The summed E-state index contributed by atoms with van der Waals surface area (Å²) >= 11 is 22.8. The summed E-state index contributed by atoms with van der Waals surface area (Å²) in [4.78, 5) is 11.8. The highest BCUT2D eigenvalue weighted by Crippen LogP contribution is 2.27. The number of anilines is 1. The Morgan fingerprint density at radius 3 is 2.52 bits per heavy atom. The van der Waals surface area contributed by atoms with E-state index in [1.165, 1.54) is 6.07 Å². The van der Waals surface area contributed by atoms with Gasteiger partial charge in [0.1, 0.15) is 5.75 Å². The molecule has 0 radical (unpaired) electrons. The highest BCUT2D eigenvalue weighted by Gasteiger charge is 2.09. The summed E-state index contributed by atoms with van der Waals surface area (Å²) < 4.78 is 5.31. The standard InChI is InChI=1S/C15H11Cl3N2O2S/c16-9-5-6-13(11(18)7-9)22-8-14(21)20-15(23)19-12-4-2-1-3-10(12)17/h1-7H,8H2,(H2,19,20,21,23). The first kappa shape index (κ1) is 17.8. The predicted octanol–water partition coefficient (Wildman–Crippen LogP) is 4.54. The third kappa shape index (κ3) is 5.55. The van der Waals surface area contributed by atoms with Crippen molar-refractivity contribution < 1.29 is 9.53 Å². The van der Waals surface area contributed by atoms with Crippen molar-refractivity contribution in [2.24, 2.45) is 0 Å². The summed E-state index contributed by atoms with van der Waals surface area (Å²) in [6.07, 6.45) is 0. The Kier molecular flexibility index (Phi) is 6.47. The fourth-order valence-corrected chi connectivity index (χ4v) is 2.48. The van der Waals surface area contributed by atoms with Gasteiger partial charge in [-0.15, -0.1) is 0 Å². The van der Waals surface area contributed by atoms with Crippen molar-refractivity contribution in [1.29, 1.82) is 0 Å². The van der Waals surface area contributed by atoms with E-state index in [0.29, 0.717) is 26.5 Å². The number of carbonyl (C=O) groups is 1. The monoisotopic (exact) mass is 388 g/mol. The molecule has 0 saturated heterocycles. The molecule has 0 unspecified atom stereocenters. The summed E-state index contributed by atoms with van der Waals surface area (Å²) in [5.41, 5.74) is 0.598. The normalized spacial score (nSPS) is 10.0. The van der Waals surface area contributed by atoms with Crippen LogP contribution in [0.3, 0.4) is 0 Å². The summed E-state index contributed by atoms with van der Waals surface area (Å²) in [6.45, 7) is -0.244. The molecule has 0 aromatic heterocycles. The number of ether oxygens (including phenoxy) is 1. The second-order valence-electron chi connectivity index (χ2n) is 4.35. The third-order valence-electron chi connectivity index (χ3n) is 2.63. The maximum absolute atomic E-state index is 11.8. The van der Waals surface area contributed by atoms with E-state index in [1.807, 2.05) is 0 Å². The second kappa shape index (κ2) is 8.36. The van der Waals surface area contributed by atoms with Gasteiger partial charge in [-0.3, -0.25) is 10.1 Å². The average Bonchev–Trinajstić information content (AvgIpc) is 2.48. The van der Waals surface area contributed by atoms with Crippen LogP contribution in [-0.2, 0) is 4.79 Å². The van der Waals surface area contributed by atoms with Crippen LogP contribution in [0.5, 0.6) is 5.75 Å². The molecule has 0 fully saturated rings. The van der Waals surface area contributed by atoms with E-state index in [1.54, 1.807) is 36.4 Å². The van der Waals surface area contributed by atoms with Gasteiger partial charge >= 0.3 is 0 Å². The van der Waals surface area contributed by atoms with Crippen molar-refractivity contribution in [2.75, 3.05) is 11.9 Å². The molecule has 2 aromatic carbocycles. The van der Waals surface area contributed by atoms with Gasteiger partial charge < -0.3 is 10.1 Å².